The van der Waals surface area contributed by atoms with Gasteiger partial charge in [0.05, 0.1) is 11.4 Å². The molecule has 1 aromatic heterocycles. The minimum Gasteiger partial charge on any atom is -0.492 e. The molecule has 6 heteroatoms. The van der Waals surface area contributed by atoms with E-state index in [1.54, 1.807) is 21.5 Å². The average Bonchev–Trinajstić information content (AvgIpc) is 3.24. The van der Waals surface area contributed by atoms with Gasteiger partial charge in [0.1, 0.15) is 23.9 Å². The molecule has 3 aromatic carbocycles. The molecule has 0 bridgehead atoms. The highest BCUT2D eigenvalue weighted by molar-refractivity contribution is 5.41. The molecule has 1 heterocycles. The van der Waals surface area contributed by atoms with Crippen molar-refractivity contribution >= 4 is 0 Å². The Hall–Kier alpha value is -3.77. The van der Waals surface area contributed by atoms with Crippen LogP contribution in [0.1, 0.15) is 20.3 Å². The van der Waals surface area contributed by atoms with Crippen LogP contribution < -0.4 is 20.5 Å². The number of imidazole rings is 1. The van der Waals surface area contributed by atoms with Gasteiger partial charge in [-0.1, -0.05) is 25.1 Å². The molecule has 0 saturated heterocycles. The van der Waals surface area contributed by atoms with Gasteiger partial charge in [-0.25, -0.2) is 4.79 Å². The molecule has 170 valence electrons. The Labute approximate surface area is 194 Å². The molecule has 0 aliphatic carbocycles. The number of benzene rings is 3. The van der Waals surface area contributed by atoms with Crippen molar-refractivity contribution in [2.24, 2.45) is 0 Å². The van der Waals surface area contributed by atoms with Crippen LogP contribution in [-0.4, -0.2) is 28.3 Å². The maximum Gasteiger partial charge on any atom is 0.337 e. The van der Waals surface area contributed by atoms with E-state index in [9.17, 15) is 4.79 Å². The fraction of sp³-hybridized carbons (Fsp3) is 0.222. The van der Waals surface area contributed by atoms with Gasteiger partial charge in [0.2, 0.25) is 0 Å². The molecule has 0 aliphatic rings. The quantitative estimate of drug-likeness (QED) is 0.343. The number of hydrogen-bond donors (Lipinski definition) is 1. The number of hydrogen-bond acceptors (Lipinski definition) is 4. The van der Waals surface area contributed by atoms with Gasteiger partial charge in [-0.15, -0.1) is 0 Å². The summed E-state index contributed by atoms with van der Waals surface area (Å²) in [6.07, 6.45) is 4.62. The first-order valence-corrected chi connectivity index (χ1v) is 11.2. The average molecular weight is 444 g/mol. The normalized spacial score (nSPS) is 11.8. The highest BCUT2D eigenvalue weighted by atomic mass is 16.5. The summed E-state index contributed by atoms with van der Waals surface area (Å²) in [4.78, 5) is 13.0. The van der Waals surface area contributed by atoms with Crippen molar-refractivity contribution in [3.05, 3.63) is 102 Å². The lowest BCUT2D eigenvalue weighted by atomic mass is 10.3. The summed E-state index contributed by atoms with van der Waals surface area (Å²) in [5, 5.41) is 3.40. The van der Waals surface area contributed by atoms with Crippen LogP contribution in [0.2, 0.25) is 0 Å². The minimum atomic E-state index is -0.141. The van der Waals surface area contributed by atoms with E-state index in [1.807, 2.05) is 78.9 Å². The summed E-state index contributed by atoms with van der Waals surface area (Å²) < 4.78 is 14.8. The lowest BCUT2D eigenvalue weighted by Gasteiger charge is -2.12. The zero-order valence-corrected chi connectivity index (χ0v) is 19.0. The van der Waals surface area contributed by atoms with E-state index in [0.717, 1.165) is 35.8 Å². The molecule has 4 rings (SSSR count). The molecular weight excluding hydrogens is 414 g/mol. The maximum atomic E-state index is 13.0. The fourth-order valence-corrected chi connectivity index (χ4v) is 3.39. The number of aromatic nitrogens is 2. The van der Waals surface area contributed by atoms with Gasteiger partial charge in [0, 0.05) is 25.0 Å². The van der Waals surface area contributed by atoms with E-state index in [4.69, 9.17) is 9.47 Å². The van der Waals surface area contributed by atoms with Gasteiger partial charge in [0.15, 0.2) is 0 Å². The molecular formula is C27H29N3O3. The second-order valence-corrected chi connectivity index (χ2v) is 7.84. The Morgan fingerprint density at radius 2 is 1.33 bits per heavy atom. The molecule has 0 radical (unpaired) electrons. The summed E-state index contributed by atoms with van der Waals surface area (Å²) in [6, 6.07) is 25.1. The van der Waals surface area contributed by atoms with Gasteiger partial charge < -0.3 is 14.8 Å². The van der Waals surface area contributed by atoms with Gasteiger partial charge in [-0.2, -0.15) is 0 Å². The third-order valence-electron chi connectivity index (χ3n) is 5.46. The van der Waals surface area contributed by atoms with E-state index in [0.29, 0.717) is 18.4 Å². The van der Waals surface area contributed by atoms with Crippen molar-refractivity contribution in [1.82, 2.24) is 14.5 Å². The van der Waals surface area contributed by atoms with Crippen LogP contribution in [0.25, 0.3) is 11.4 Å². The van der Waals surface area contributed by atoms with E-state index < -0.39 is 0 Å². The van der Waals surface area contributed by atoms with Crippen molar-refractivity contribution in [3.8, 4) is 28.6 Å². The Morgan fingerprint density at radius 1 is 0.788 bits per heavy atom. The van der Waals surface area contributed by atoms with E-state index in [2.05, 4.69) is 19.2 Å². The van der Waals surface area contributed by atoms with Crippen molar-refractivity contribution < 1.29 is 9.47 Å². The van der Waals surface area contributed by atoms with Crippen molar-refractivity contribution in [1.29, 1.82) is 0 Å². The Morgan fingerprint density at radius 3 is 1.91 bits per heavy atom. The van der Waals surface area contributed by atoms with Crippen LogP contribution >= 0.6 is 0 Å². The summed E-state index contributed by atoms with van der Waals surface area (Å²) in [5.74, 6) is 2.27. The number of nitrogens with zero attached hydrogens (tertiary/aromatic N) is 2. The first-order valence-electron chi connectivity index (χ1n) is 11.2. The van der Waals surface area contributed by atoms with Crippen LogP contribution in [0.15, 0.2) is 96.1 Å². The number of para-hydroxylation sites is 1. The van der Waals surface area contributed by atoms with Crippen molar-refractivity contribution in [3.63, 3.8) is 0 Å². The van der Waals surface area contributed by atoms with Crippen LogP contribution in [-0.2, 0) is 0 Å². The number of ether oxygens (including phenoxy) is 2. The highest BCUT2D eigenvalue weighted by Crippen LogP contribution is 2.22. The topological polar surface area (TPSA) is 57.4 Å². The lowest BCUT2D eigenvalue weighted by Crippen LogP contribution is -2.29. The number of nitrogens with one attached hydrogen (secondary N) is 1. The first-order chi connectivity index (χ1) is 16.1. The maximum absolute atomic E-state index is 13.0. The van der Waals surface area contributed by atoms with Crippen molar-refractivity contribution in [2.75, 3.05) is 13.2 Å². The van der Waals surface area contributed by atoms with Crippen molar-refractivity contribution in [2.45, 2.75) is 26.3 Å². The van der Waals surface area contributed by atoms with E-state index in [1.165, 1.54) is 0 Å². The van der Waals surface area contributed by atoms with Crippen LogP contribution in [0.5, 0.6) is 17.2 Å². The molecule has 0 saturated carbocycles. The Kier molecular flexibility index (Phi) is 7.27. The van der Waals surface area contributed by atoms with Gasteiger partial charge >= 0.3 is 5.69 Å². The van der Waals surface area contributed by atoms with Gasteiger partial charge in [-0.05, 0) is 74.0 Å². The van der Waals surface area contributed by atoms with Crippen LogP contribution in [0, 0.1) is 0 Å². The molecule has 1 unspecified atom stereocenters. The molecule has 4 aromatic rings. The molecule has 6 nitrogen and oxygen atoms in total. The molecule has 1 atom stereocenters. The molecule has 0 spiro atoms. The smallest absolute Gasteiger partial charge is 0.337 e. The molecule has 0 fully saturated rings. The zero-order valence-electron chi connectivity index (χ0n) is 19.0. The lowest BCUT2D eigenvalue weighted by molar-refractivity contribution is 0.306. The second-order valence-electron chi connectivity index (χ2n) is 7.84. The predicted octanol–water partition coefficient (Wildman–Crippen LogP) is 5.19. The van der Waals surface area contributed by atoms with Crippen LogP contribution in [0.3, 0.4) is 0 Å². The van der Waals surface area contributed by atoms with Gasteiger partial charge in [-0.3, -0.25) is 9.13 Å². The minimum absolute atomic E-state index is 0.141. The third kappa shape index (κ3) is 5.73. The van der Waals surface area contributed by atoms with Gasteiger partial charge in [0.25, 0.3) is 0 Å². The molecule has 0 aliphatic heterocycles. The Balaban J connectivity index is 1.41. The predicted molar refractivity (Wildman–Crippen MR) is 131 cm³/mol. The largest absolute Gasteiger partial charge is 0.492 e. The Bertz CT molecular complexity index is 1200. The zero-order chi connectivity index (χ0) is 23.0. The van der Waals surface area contributed by atoms with E-state index >= 15 is 0 Å². The summed E-state index contributed by atoms with van der Waals surface area (Å²) >= 11 is 0. The fourth-order valence-electron chi connectivity index (χ4n) is 3.39. The number of rotatable bonds is 10. The second kappa shape index (κ2) is 10.7. The molecule has 1 N–H and O–H groups in total. The SMILES string of the molecule is CCC(C)NCCOc1ccc(-n2ccn(-c3ccc(Oc4ccccc4)cc3)c2=O)cc1. The standard InChI is InChI=1S/C27H29N3O3/c1-3-21(2)28-17-20-32-24-13-9-22(10-14-24)29-18-19-30(27(29)31)23-11-15-26(16-12-23)33-25-7-5-4-6-8-25/h4-16,18-19,21,28H,3,17,20H2,1-2H3. The molecule has 0 amide bonds. The summed E-state index contributed by atoms with van der Waals surface area (Å²) in [7, 11) is 0. The van der Waals surface area contributed by atoms with E-state index in [-0.39, 0.29) is 5.69 Å². The summed E-state index contributed by atoms with van der Waals surface area (Å²) in [6.45, 7) is 5.71. The van der Waals surface area contributed by atoms with Crippen LogP contribution in [0.4, 0.5) is 0 Å². The first kappa shape index (κ1) is 22.4. The monoisotopic (exact) mass is 443 g/mol. The molecule has 33 heavy (non-hydrogen) atoms. The summed E-state index contributed by atoms with van der Waals surface area (Å²) in [5.41, 5.74) is 1.42. The third-order valence-corrected chi connectivity index (χ3v) is 5.46. The highest BCUT2D eigenvalue weighted by Gasteiger charge is 2.08.